The van der Waals surface area contributed by atoms with Crippen molar-refractivity contribution in [1.29, 1.82) is 0 Å². The molecule has 2 unspecified atom stereocenters. The molecule has 0 N–H and O–H groups in total. The maximum absolute atomic E-state index is 3.82. The van der Waals surface area contributed by atoms with Crippen LogP contribution in [0.4, 0.5) is 0 Å². The van der Waals surface area contributed by atoms with Gasteiger partial charge in [0.2, 0.25) is 0 Å². The van der Waals surface area contributed by atoms with Crippen molar-refractivity contribution >= 4 is 27.3 Å². The summed E-state index contributed by atoms with van der Waals surface area (Å²) < 4.78 is 0. The summed E-state index contributed by atoms with van der Waals surface area (Å²) in [7, 11) is 2.25. The topological polar surface area (TPSA) is 3.24 Å². The average Bonchev–Trinajstić information content (AvgIpc) is 2.71. The van der Waals surface area contributed by atoms with Crippen LogP contribution in [-0.2, 0) is 6.54 Å². The molecule has 1 heterocycles. The molecule has 1 aromatic heterocycles. The van der Waals surface area contributed by atoms with E-state index >= 15 is 0 Å². The smallest absolute Gasteiger partial charge is 0.0301 e. The lowest BCUT2D eigenvalue weighted by Crippen LogP contribution is -2.40. The van der Waals surface area contributed by atoms with Crippen LogP contribution in [0.2, 0.25) is 0 Å². The summed E-state index contributed by atoms with van der Waals surface area (Å²) >= 11 is 5.61. The van der Waals surface area contributed by atoms with E-state index in [2.05, 4.69) is 44.7 Å². The van der Waals surface area contributed by atoms with E-state index in [9.17, 15) is 0 Å². The van der Waals surface area contributed by atoms with Gasteiger partial charge in [0.1, 0.15) is 0 Å². The zero-order valence-corrected chi connectivity index (χ0v) is 11.6. The van der Waals surface area contributed by atoms with E-state index in [-0.39, 0.29) is 0 Å². The Kier molecular flexibility index (Phi) is 4.23. The zero-order chi connectivity index (χ0) is 10.7. The van der Waals surface area contributed by atoms with Gasteiger partial charge in [0.05, 0.1) is 0 Å². The molecule has 0 amide bonds. The standard InChI is InChI=1S/C12H18BrNS/c1-14(8-10-6-7-15-9-10)12-5-3-2-4-11(12)13/h6-7,9,11-12H,2-5,8H2,1H3. The van der Waals surface area contributed by atoms with Crippen LogP contribution in [-0.4, -0.2) is 22.8 Å². The molecule has 1 aliphatic carbocycles. The van der Waals surface area contributed by atoms with Gasteiger partial charge in [-0.15, -0.1) is 0 Å². The zero-order valence-electron chi connectivity index (χ0n) is 9.16. The van der Waals surface area contributed by atoms with Crippen molar-refractivity contribution in [3.63, 3.8) is 0 Å². The molecule has 0 spiro atoms. The molecule has 84 valence electrons. The highest BCUT2D eigenvalue weighted by atomic mass is 79.9. The van der Waals surface area contributed by atoms with Gasteiger partial charge in [-0.3, -0.25) is 4.90 Å². The van der Waals surface area contributed by atoms with E-state index in [4.69, 9.17) is 0 Å². The van der Waals surface area contributed by atoms with E-state index in [1.807, 2.05) is 0 Å². The number of thiophene rings is 1. The Bertz CT molecular complexity index is 286. The van der Waals surface area contributed by atoms with Crippen LogP contribution < -0.4 is 0 Å². The van der Waals surface area contributed by atoms with Crippen LogP contribution in [0.25, 0.3) is 0 Å². The molecule has 15 heavy (non-hydrogen) atoms. The second-order valence-electron chi connectivity index (χ2n) is 4.41. The lowest BCUT2D eigenvalue weighted by atomic mass is 9.94. The number of hydrogen-bond acceptors (Lipinski definition) is 2. The fourth-order valence-electron chi connectivity index (χ4n) is 2.35. The lowest BCUT2D eigenvalue weighted by Gasteiger charge is -2.35. The van der Waals surface area contributed by atoms with Crippen molar-refractivity contribution in [1.82, 2.24) is 4.90 Å². The summed E-state index contributed by atoms with van der Waals surface area (Å²) in [6.07, 6.45) is 5.45. The lowest BCUT2D eigenvalue weighted by molar-refractivity contribution is 0.193. The number of nitrogens with zero attached hydrogens (tertiary/aromatic N) is 1. The summed E-state index contributed by atoms with van der Waals surface area (Å²) in [5.74, 6) is 0. The van der Waals surface area contributed by atoms with E-state index in [1.165, 1.54) is 31.2 Å². The molecule has 0 radical (unpaired) electrons. The second kappa shape index (κ2) is 5.46. The molecule has 1 aromatic rings. The fraction of sp³-hybridized carbons (Fsp3) is 0.667. The monoisotopic (exact) mass is 287 g/mol. The Morgan fingerprint density at radius 3 is 2.93 bits per heavy atom. The molecule has 1 fully saturated rings. The Hall–Kier alpha value is 0.140. The third kappa shape index (κ3) is 3.05. The molecule has 0 aromatic carbocycles. The SMILES string of the molecule is CN(Cc1ccsc1)C1CCCCC1Br. The van der Waals surface area contributed by atoms with Gasteiger partial charge in [-0.1, -0.05) is 28.8 Å². The van der Waals surface area contributed by atoms with Gasteiger partial charge in [0.15, 0.2) is 0 Å². The molecule has 3 heteroatoms. The molecule has 2 rings (SSSR count). The molecule has 0 aliphatic heterocycles. The van der Waals surface area contributed by atoms with Crippen molar-refractivity contribution in [3.8, 4) is 0 Å². The first kappa shape index (κ1) is 11.6. The predicted molar refractivity (Wildman–Crippen MR) is 70.8 cm³/mol. The largest absolute Gasteiger partial charge is 0.298 e. The molecule has 2 atom stereocenters. The first-order valence-corrected chi connectivity index (χ1v) is 7.48. The Morgan fingerprint density at radius 1 is 1.47 bits per heavy atom. The molecule has 0 saturated heterocycles. The van der Waals surface area contributed by atoms with E-state index in [1.54, 1.807) is 11.3 Å². The first-order valence-electron chi connectivity index (χ1n) is 5.63. The Balaban J connectivity index is 1.91. The predicted octanol–water partition coefficient (Wildman–Crippen LogP) is 3.89. The summed E-state index contributed by atoms with van der Waals surface area (Å²) in [6.45, 7) is 1.09. The van der Waals surface area contributed by atoms with E-state index < -0.39 is 0 Å². The van der Waals surface area contributed by atoms with Crippen molar-refractivity contribution in [3.05, 3.63) is 22.4 Å². The van der Waals surface area contributed by atoms with Gasteiger partial charge in [0, 0.05) is 17.4 Å². The van der Waals surface area contributed by atoms with Crippen LogP contribution in [0.3, 0.4) is 0 Å². The number of hydrogen-bond donors (Lipinski definition) is 0. The normalized spacial score (nSPS) is 27.1. The van der Waals surface area contributed by atoms with Gasteiger partial charge in [-0.2, -0.15) is 11.3 Å². The molecular formula is C12H18BrNS. The first-order chi connectivity index (χ1) is 7.27. The van der Waals surface area contributed by atoms with Crippen molar-refractivity contribution in [2.24, 2.45) is 0 Å². The van der Waals surface area contributed by atoms with Crippen LogP contribution in [0.1, 0.15) is 31.2 Å². The Labute approximate surface area is 105 Å². The van der Waals surface area contributed by atoms with Crippen LogP contribution in [0.15, 0.2) is 16.8 Å². The van der Waals surface area contributed by atoms with Crippen LogP contribution in [0, 0.1) is 0 Å². The maximum Gasteiger partial charge on any atom is 0.0301 e. The van der Waals surface area contributed by atoms with Gasteiger partial charge >= 0.3 is 0 Å². The molecule has 1 nitrogen and oxygen atoms in total. The minimum absolute atomic E-state index is 0.690. The second-order valence-corrected chi connectivity index (χ2v) is 6.37. The van der Waals surface area contributed by atoms with E-state index in [0.717, 1.165) is 12.6 Å². The summed E-state index contributed by atoms with van der Waals surface area (Å²) in [5, 5.41) is 4.41. The van der Waals surface area contributed by atoms with Crippen molar-refractivity contribution in [2.45, 2.75) is 43.1 Å². The minimum Gasteiger partial charge on any atom is -0.298 e. The minimum atomic E-state index is 0.690. The van der Waals surface area contributed by atoms with Crippen LogP contribution in [0.5, 0.6) is 0 Å². The molecule has 1 saturated carbocycles. The maximum atomic E-state index is 3.82. The van der Waals surface area contributed by atoms with Crippen LogP contribution >= 0.6 is 27.3 Å². The number of alkyl halides is 1. The molecule has 0 bridgehead atoms. The highest BCUT2D eigenvalue weighted by Gasteiger charge is 2.25. The Morgan fingerprint density at radius 2 is 2.27 bits per heavy atom. The van der Waals surface area contributed by atoms with Gasteiger partial charge in [0.25, 0.3) is 0 Å². The third-order valence-electron chi connectivity index (χ3n) is 3.23. The number of halogens is 1. The van der Waals surface area contributed by atoms with E-state index in [0.29, 0.717) is 4.83 Å². The quantitative estimate of drug-likeness (QED) is 0.763. The van der Waals surface area contributed by atoms with Crippen molar-refractivity contribution < 1.29 is 0 Å². The molecule has 1 aliphatic rings. The van der Waals surface area contributed by atoms with Gasteiger partial charge in [-0.05, 0) is 42.3 Å². The average molecular weight is 288 g/mol. The fourth-order valence-corrected chi connectivity index (χ4v) is 4.00. The van der Waals surface area contributed by atoms with Gasteiger partial charge in [-0.25, -0.2) is 0 Å². The van der Waals surface area contributed by atoms with Crippen molar-refractivity contribution in [2.75, 3.05) is 7.05 Å². The summed E-state index contributed by atoms with van der Waals surface area (Å²) in [5.41, 5.74) is 1.45. The highest BCUT2D eigenvalue weighted by Crippen LogP contribution is 2.28. The third-order valence-corrected chi connectivity index (χ3v) is 5.03. The van der Waals surface area contributed by atoms with Gasteiger partial charge < -0.3 is 0 Å². The highest BCUT2D eigenvalue weighted by molar-refractivity contribution is 9.09. The summed E-state index contributed by atoms with van der Waals surface area (Å²) in [6, 6.07) is 2.95. The number of rotatable bonds is 3. The molecular weight excluding hydrogens is 270 g/mol. The summed E-state index contributed by atoms with van der Waals surface area (Å²) in [4.78, 5) is 3.19.